The standard InChI is InChI=1S/C14H16BFO5/c1-14(2)19-12-11-10(18-13(12)20-14)7-17-15(21-11)8-5-3-4-6-9(8)16/h3-6,10-13H,7H2,1-2H3/t10-,11+,12-,13-/m1/s1. The molecule has 0 radical (unpaired) electrons. The summed E-state index contributed by atoms with van der Waals surface area (Å²) in [5, 5.41) is 0. The van der Waals surface area contributed by atoms with E-state index in [1.807, 2.05) is 13.8 Å². The molecule has 7 heteroatoms. The van der Waals surface area contributed by atoms with Crippen molar-refractivity contribution in [3.63, 3.8) is 0 Å². The summed E-state index contributed by atoms with van der Waals surface area (Å²) in [5.41, 5.74) is 0.387. The highest BCUT2D eigenvalue weighted by Crippen LogP contribution is 2.40. The molecule has 0 amide bonds. The monoisotopic (exact) mass is 294 g/mol. The topological polar surface area (TPSA) is 46.2 Å². The third-order valence-electron chi connectivity index (χ3n) is 3.94. The number of fused-ring (bicyclic) bond motifs is 3. The summed E-state index contributed by atoms with van der Waals surface area (Å²) >= 11 is 0. The fraction of sp³-hybridized carbons (Fsp3) is 0.571. The molecule has 3 fully saturated rings. The van der Waals surface area contributed by atoms with Gasteiger partial charge in [-0.2, -0.15) is 0 Å². The molecule has 5 nitrogen and oxygen atoms in total. The van der Waals surface area contributed by atoms with Crippen LogP contribution in [0.15, 0.2) is 24.3 Å². The van der Waals surface area contributed by atoms with Crippen molar-refractivity contribution in [1.82, 2.24) is 0 Å². The molecule has 21 heavy (non-hydrogen) atoms. The number of rotatable bonds is 1. The summed E-state index contributed by atoms with van der Waals surface area (Å²) in [6.45, 7) is 3.98. The van der Waals surface area contributed by atoms with Crippen LogP contribution in [0.1, 0.15) is 13.8 Å². The molecule has 0 bridgehead atoms. The lowest BCUT2D eigenvalue weighted by Gasteiger charge is -2.32. The first-order valence-electron chi connectivity index (χ1n) is 7.06. The predicted octanol–water partition coefficient (Wildman–Crippen LogP) is 0.813. The Labute approximate surface area is 122 Å². The SMILES string of the molecule is CC1(C)O[C@H]2O[C@@H]3COB(c4ccccc4F)O[C@@H]3[C@H]2O1. The van der Waals surface area contributed by atoms with Crippen LogP contribution in [0.3, 0.4) is 0 Å². The molecule has 3 saturated heterocycles. The van der Waals surface area contributed by atoms with Crippen molar-refractivity contribution in [2.45, 2.75) is 44.2 Å². The van der Waals surface area contributed by atoms with Crippen LogP contribution in [0.25, 0.3) is 0 Å². The van der Waals surface area contributed by atoms with Crippen LogP contribution in [0.4, 0.5) is 4.39 Å². The third kappa shape index (κ3) is 2.29. The van der Waals surface area contributed by atoms with Gasteiger partial charge >= 0.3 is 7.12 Å². The van der Waals surface area contributed by atoms with Gasteiger partial charge in [-0.25, -0.2) is 4.39 Å². The number of ether oxygens (including phenoxy) is 3. The molecule has 1 aromatic rings. The van der Waals surface area contributed by atoms with Crippen molar-refractivity contribution in [3.8, 4) is 0 Å². The highest BCUT2D eigenvalue weighted by atomic mass is 19.1. The Morgan fingerprint density at radius 3 is 2.81 bits per heavy atom. The van der Waals surface area contributed by atoms with E-state index in [9.17, 15) is 4.39 Å². The molecule has 0 saturated carbocycles. The van der Waals surface area contributed by atoms with Crippen LogP contribution >= 0.6 is 0 Å². The average Bonchev–Trinajstić information content (AvgIpc) is 2.90. The van der Waals surface area contributed by atoms with Gasteiger partial charge in [0.2, 0.25) is 0 Å². The summed E-state index contributed by atoms with van der Waals surface area (Å²) in [5.74, 6) is -1.05. The van der Waals surface area contributed by atoms with Crippen molar-refractivity contribution >= 4 is 12.6 Å². The van der Waals surface area contributed by atoms with E-state index in [1.54, 1.807) is 18.2 Å². The average molecular weight is 294 g/mol. The maximum absolute atomic E-state index is 13.9. The minimum atomic E-state index is -0.748. The molecule has 3 aliphatic rings. The molecule has 1 aromatic carbocycles. The van der Waals surface area contributed by atoms with Crippen LogP contribution in [0, 0.1) is 5.82 Å². The van der Waals surface area contributed by atoms with Gasteiger partial charge in [0, 0.05) is 5.46 Å². The van der Waals surface area contributed by atoms with Gasteiger partial charge in [-0.3, -0.25) is 0 Å². The molecule has 0 aromatic heterocycles. The fourth-order valence-electron chi connectivity index (χ4n) is 3.04. The number of benzene rings is 1. The molecular formula is C14H16BFO5. The van der Waals surface area contributed by atoms with E-state index < -0.39 is 19.2 Å². The summed E-state index contributed by atoms with van der Waals surface area (Å²) in [4.78, 5) is 0. The van der Waals surface area contributed by atoms with Gasteiger partial charge in [0.05, 0.1) is 6.61 Å². The lowest BCUT2D eigenvalue weighted by Crippen LogP contribution is -2.54. The van der Waals surface area contributed by atoms with E-state index in [0.29, 0.717) is 12.1 Å². The largest absolute Gasteiger partial charge is 0.497 e. The van der Waals surface area contributed by atoms with Gasteiger partial charge in [0.1, 0.15) is 24.1 Å². The van der Waals surface area contributed by atoms with E-state index in [0.717, 1.165) is 0 Å². The summed E-state index contributed by atoms with van der Waals surface area (Å²) in [6.07, 6.45) is -1.35. The highest BCUT2D eigenvalue weighted by molar-refractivity contribution is 6.61. The minimum Gasteiger partial charge on any atom is -0.404 e. The Hall–Kier alpha value is -0.985. The zero-order valence-electron chi connectivity index (χ0n) is 11.8. The van der Waals surface area contributed by atoms with Gasteiger partial charge in [0.15, 0.2) is 12.1 Å². The van der Waals surface area contributed by atoms with Gasteiger partial charge in [-0.05, 0) is 19.9 Å². The number of halogens is 1. The van der Waals surface area contributed by atoms with E-state index in [1.165, 1.54) is 6.07 Å². The molecule has 4 atom stereocenters. The molecule has 3 heterocycles. The van der Waals surface area contributed by atoms with Crippen LogP contribution < -0.4 is 5.46 Å². The summed E-state index contributed by atoms with van der Waals surface area (Å²) < 4.78 is 42.6. The lowest BCUT2D eigenvalue weighted by atomic mass is 9.76. The summed E-state index contributed by atoms with van der Waals surface area (Å²) in [6, 6.07) is 6.43. The zero-order valence-corrected chi connectivity index (χ0v) is 11.8. The zero-order chi connectivity index (χ0) is 14.6. The molecule has 0 aliphatic carbocycles. The van der Waals surface area contributed by atoms with Crippen molar-refractivity contribution in [3.05, 3.63) is 30.1 Å². The van der Waals surface area contributed by atoms with Crippen molar-refractivity contribution in [2.24, 2.45) is 0 Å². The Morgan fingerprint density at radius 2 is 2.00 bits per heavy atom. The maximum atomic E-state index is 13.9. The number of hydrogen-bond donors (Lipinski definition) is 0. The van der Waals surface area contributed by atoms with Crippen molar-refractivity contribution < 1.29 is 27.9 Å². The molecular weight excluding hydrogens is 278 g/mol. The van der Waals surface area contributed by atoms with Crippen LogP contribution in [0.5, 0.6) is 0 Å². The fourth-order valence-corrected chi connectivity index (χ4v) is 3.04. The van der Waals surface area contributed by atoms with Gasteiger partial charge in [-0.1, -0.05) is 18.2 Å². The quantitative estimate of drug-likeness (QED) is 0.717. The smallest absolute Gasteiger partial charge is 0.404 e. The molecule has 0 N–H and O–H groups in total. The second-order valence-corrected chi connectivity index (χ2v) is 5.93. The summed E-state index contributed by atoms with van der Waals surface area (Å²) in [7, 11) is -0.748. The van der Waals surface area contributed by atoms with Gasteiger partial charge in [-0.15, -0.1) is 0 Å². The van der Waals surface area contributed by atoms with Crippen LogP contribution in [-0.2, 0) is 23.5 Å². The Bertz CT molecular complexity index is 554. The lowest BCUT2D eigenvalue weighted by molar-refractivity contribution is -0.221. The second kappa shape index (κ2) is 4.76. The van der Waals surface area contributed by atoms with E-state index >= 15 is 0 Å². The Kier molecular flexibility index (Phi) is 3.10. The van der Waals surface area contributed by atoms with Crippen LogP contribution in [-0.4, -0.2) is 44.1 Å². The van der Waals surface area contributed by atoms with Gasteiger partial charge in [0.25, 0.3) is 0 Å². The molecule has 0 spiro atoms. The molecule has 4 rings (SSSR count). The maximum Gasteiger partial charge on any atom is 0.497 e. The molecule has 0 unspecified atom stereocenters. The third-order valence-corrected chi connectivity index (χ3v) is 3.94. The normalized spacial score (nSPS) is 37.4. The molecule has 3 aliphatic heterocycles. The Morgan fingerprint density at radius 1 is 1.19 bits per heavy atom. The van der Waals surface area contributed by atoms with E-state index in [-0.39, 0.29) is 24.1 Å². The van der Waals surface area contributed by atoms with Crippen molar-refractivity contribution in [1.29, 1.82) is 0 Å². The second-order valence-electron chi connectivity index (χ2n) is 5.93. The highest BCUT2D eigenvalue weighted by Gasteiger charge is 2.58. The first kappa shape index (κ1) is 13.7. The Balaban J connectivity index is 1.55. The van der Waals surface area contributed by atoms with E-state index in [4.69, 9.17) is 23.5 Å². The predicted molar refractivity (Wildman–Crippen MR) is 71.3 cm³/mol. The van der Waals surface area contributed by atoms with Gasteiger partial charge < -0.3 is 23.5 Å². The number of hydrogen-bond acceptors (Lipinski definition) is 5. The van der Waals surface area contributed by atoms with Crippen molar-refractivity contribution in [2.75, 3.05) is 6.61 Å². The first-order chi connectivity index (χ1) is 10.0. The first-order valence-corrected chi connectivity index (χ1v) is 7.06. The minimum absolute atomic E-state index is 0.251. The van der Waals surface area contributed by atoms with Crippen LogP contribution in [0.2, 0.25) is 0 Å². The van der Waals surface area contributed by atoms with E-state index in [2.05, 4.69) is 0 Å². The molecule has 112 valence electrons.